The Balaban J connectivity index is 4.55. The molecular formula is C61H100O6. The molecule has 0 aromatic heterocycles. The van der Waals surface area contributed by atoms with Crippen LogP contribution in [0.2, 0.25) is 0 Å². The number of unbranched alkanes of at least 4 members (excludes halogenated alkanes) is 19. The number of rotatable bonds is 48. The molecule has 0 saturated carbocycles. The molecule has 0 heterocycles. The standard InChI is InChI=1S/C61H100O6/c1-4-7-10-13-16-19-22-25-27-29-30-32-33-36-39-42-45-48-51-54-60(63)66-57-58(56-65-59(62)53-50-47-44-41-38-35-24-21-18-15-12-9-6-3)67-61(64)55-52-49-46-43-40-37-34-31-28-26-23-20-17-14-11-8-5-2/h7,10,16,19,25-28,30,32,34-39,43,46,58H,4-6,8-9,11-15,17-18,20-24,29,31,33,40-42,44-45,47-57H2,1-3H3/b10-7-,19-16-,27-25-,28-26-,32-30-,37-34-,38-35-,39-36-,46-43-. The first kappa shape index (κ1) is 63.1. The Labute approximate surface area is 412 Å². The summed E-state index contributed by atoms with van der Waals surface area (Å²) < 4.78 is 16.7. The van der Waals surface area contributed by atoms with E-state index in [4.69, 9.17) is 14.2 Å². The molecule has 0 aromatic rings. The van der Waals surface area contributed by atoms with Gasteiger partial charge in [0.2, 0.25) is 0 Å². The SMILES string of the molecule is CC/C=C\C/C=C\C/C=C\C/C=C\C/C=C\CCCCCC(=O)OCC(COC(=O)CCCCC/C=C\CCCCCCCC)OC(=O)CCC/C=C\C/C=C\C/C=C\CCCCCCCC. The van der Waals surface area contributed by atoms with Crippen LogP contribution in [0.5, 0.6) is 0 Å². The molecule has 6 heteroatoms. The summed E-state index contributed by atoms with van der Waals surface area (Å²) in [6.07, 6.45) is 73.7. The summed E-state index contributed by atoms with van der Waals surface area (Å²) in [5.74, 6) is -1.02. The van der Waals surface area contributed by atoms with E-state index < -0.39 is 6.10 Å². The van der Waals surface area contributed by atoms with E-state index in [1.807, 2.05) is 0 Å². The summed E-state index contributed by atoms with van der Waals surface area (Å²) in [6, 6.07) is 0. The van der Waals surface area contributed by atoms with Gasteiger partial charge in [0.15, 0.2) is 6.10 Å². The van der Waals surface area contributed by atoms with E-state index in [-0.39, 0.29) is 37.5 Å². The van der Waals surface area contributed by atoms with Gasteiger partial charge in [0, 0.05) is 19.3 Å². The number of allylic oxidation sites excluding steroid dienone is 18. The van der Waals surface area contributed by atoms with Gasteiger partial charge in [-0.3, -0.25) is 14.4 Å². The Bertz CT molecular complexity index is 1390. The Kier molecular flexibility index (Phi) is 51.5. The van der Waals surface area contributed by atoms with Crippen molar-refractivity contribution in [3.05, 3.63) is 109 Å². The molecule has 0 spiro atoms. The number of ether oxygens (including phenoxy) is 3. The second-order valence-electron chi connectivity index (χ2n) is 17.7. The van der Waals surface area contributed by atoms with E-state index in [0.29, 0.717) is 19.3 Å². The molecule has 0 bridgehead atoms. The van der Waals surface area contributed by atoms with E-state index in [2.05, 4.69) is 130 Å². The monoisotopic (exact) mass is 929 g/mol. The van der Waals surface area contributed by atoms with E-state index in [1.54, 1.807) is 0 Å². The first-order valence-corrected chi connectivity index (χ1v) is 27.4. The fraction of sp³-hybridized carbons (Fsp3) is 0.656. The number of hydrogen-bond acceptors (Lipinski definition) is 6. The lowest BCUT2D eigenvalue weighted by molar-refractivity contribution is -0.167. The van der Waals surface area contributed by atoms with Crippen molar-refractivity contribution in [3.8, 4) is 0 Å². The van der Waals surface area contributed by atoms with Gasteiger partial charge >= 0.3 is 17.9 Å². The van der Waals surface area contributed by atoms with E-state index >= 15 is 0 Å². The normalized spacial score (nSPS) is 12.9. The molecule has 1 unspecified atom stereocenters. The molecule has 0 aliphatic heterocycles. The Hall–Kier alpha value is -3.93. The number of esters is 3. The van der Waals surface area contributed by atoms with Crippen molar-refractivity contribution < 1.29 is 28.6 Å². The third kappa shape index (κ3) is 52.9. The zero-order valence-electron chi connectivity index (χ0n) is 43.4. The summed E-state index contributed by atoms with van der Waals surface area (Å²) in [6.45, 7) is 6.42. The van der Waals surface area contributed by atoms with Crippen LogP contribution in [0.1, 0.15) is 239 Å². The second-order valence-corrected chi connectivity index (χ2v) is 17.7. The number of carbonyl (C=O) groups excluding carboxylic acids is 3. The maximum Gasteiger partial charge on any atom is 0.306 e. The van der Waals surface area contributed by atoms with Gasteiger partial charge in [-0.1, -0.05) is 207 Å². The second kappa shape index (κ2) is 54.7. The molecule has 1 atom stereocenters. The zero-order valence-corrected chi connectivity index (χ0v) is 43.4. The Morgan fingerprint density at radius 2 is 0.597 bits per heavy atom. The summed E-state index contributed by atoms with van der Waals surface area (Å²) >= 11 is 0. The molecule has 0 N–H and O–H groups in total. The van der Waals surface area contributed by atoms with Crippen molar-refractivity contribution in [3.63, 3.8) is 0 Å². The lowest BCUT2D eigenvalue weighted by atomic mass is 10.1. The van der Waals surface area contributed by atoms with Crippen LogP contribution >= 0.6 is 0 Å². The highest BCUT2D eigenvalue weighted by Crippen LogP contribution is 2.12. The topological polar surface area (TPSA) is 78.9 Å². The summed E-state index contributed by atoms with van der Waals surface area (Å²) in [7, 11) is 0. The van der Waals surface area contributed by atoms with Crippen LogP contribution in [-0.4, -0.2) is 37.2 Å². The Morgan fingerprint density at radius 1 is 0.313 bits per heavy atom. The molecule has 0 radical (unpaired) electrons. The van der Waals surface area contributed by atoms with Gasteiger partial charge in [0.05, 0.1) is 0 Å². The van der Waals surface area contributed by atoms with Crippen LogP contribution in [0.3, 0.4) is 0 Å². The van der Waals surface area contributed by atoms with E-state index in [0.717, 1.165) is 109 Å². The van der Waals surface area contributed by atoms with Gasteiger partial charge in [-0.2, -0.15) is 0 Å². The summed E-state index contributed by atoms with van der Waals surface area (Å²) in [5.41, 5.74) is 0. The van der Waals surface area contributed by atoms with Crippen molar-refractivity contribution >= 4 is 17.9 Å². The van der Waals surface area contributed by atoms with Crippen molar-refractivity contribution in [2.45, 2.75) is 245 Å². The minimum atomic E-state index is -0.826. The first-order chi connectivity index (χ1) is 33.0. The molecule has 380 valence electrons. The van der Waals surface area contributed by atoms with Gasteiger partial charge in [-0.15, -0.1) is 0 Å². The van der Waals surface area contributed by atoms with Gasteiger partial charge in [-0.05, 0) is 122 Å². The molecule has 67 heavy (non-hydrogen) atoms. The predicted octanol–water partition coefficient (Wildman–Crippen LogP) is 18.3. The molecule has 0 fully saturated rings. The van der Waals surface area contributed by atoms with Crippen LogP contribution in [-0.2, 0) is 28.6 Å². The van der Waals surface area contributed by atoms with Gasteiger partial charge in [-0.25, -0.2) is 0 Å². The maximum absolute atomic E-state index is 12.8. The lowest BCUT2D eigenvalue weighted by Crippen LogP contribution is -2.30. The van der Waals surface area contributed by atoms with Crippen LogP contribution < -0.4 is 0 Å². The van der Waals surface area contributed by atoms with Gasteiger partial charge in [0.25, 0.3) is 0 Å². The maximum atomic E-state index is 12.8. The highest BCUT2D eigenvalue weighted by molar-refractivity contribution is 5.71. The molecule has 6 nitrogen and oxygen atoms in total. The summed E-state index contributed by atoms with van der Waals surface area (Å²) in [5, 5.41) is 0. The lowest BCUT2D eigenvalue weighted by Gasteiger charge is -2.18. The van der Waals surface area contributed by atoms with Crippen LogP contribution in [0.15, 0.2) is 109 Å². The van der Waals surface area contributed by atoms with Crippen molar-refractivity contribution in [1.82, 2.24) is 0 Å². The molecule has 0 amide bonds. The molecule has 0 aliphatic carbocycles. The highest BCUT2D eigenvalue weighted by atomic mass is 16.6. The number of carbonyl (C=O) groups is 3. The van der Waals surface area contributed by atoms with Crippen LogP contribution in [0, 0.1) is 0 Å². The zero-order chi connectivity index (χ0) is 48.6. The largest absolute Gasteiger partial charge is 0.462 e. The predicted molar refractivity (Wildman–Crippen MR) is 288 cm³/mol. The van der Waals surface area contributed by atoms with Gasteiger partial charge < -0.3 is 14.2 Å². The fourth-order valence-corrected chi connectivity index (χ4v) is 7.13. The van der Waals surface area contributed by atoms with Crippen molar-refractivity contribution in [2.75, 3.05) is 13.2 Å². The van der Waals surface area contributed by atoms with Crippen molar-refractivity contribution in [1.29, 1.82) is 0 Å². The number of hydrogen-bond donors (Lipinski definition) is 0. The summed E-state index contributed by atoms with van der Waals surface area (Å²) in [4.78, 5) is 38.0. The van der Waals surface area contributed by atoms with E-state index in [1.165, 1.54) is 83.5 Å². The highest BCUT2D eigenvalue weighted by Gasteiger charge is 2.19. The minimum Gasteiger partial charge on any atom is -0.462 e. The smallest absolute Gasteiger partial charge is 0.306 e. The molecular weight excluding hydrogens is 829 g/mol. The Morgan fingerprint density at radius 3 is 0.970 bits per heavy atom. The third-order valence-corrected chi connectivity index (χ3v) is 11.2. The molecule has 0 saturated heterocycles. The average molecular weight is 929 g/mol. The molecule has 0 rings (SSSR count). The first-order valence-electron chi connectivity index (χ1n) is 27.4. The van der Waals surface area contributed by atoms with Gasteiger partial charge in [0.1, 0.15) is 13.2 Å². The average Bonchev–Trinajstić information content (AvgIpc) is 3.33. The fourth-order valence-electron chi connectivity index (χ4n) is 7.13. The molecule has 0 aromatic carbocycles. The van der Waals surface area contributed by atoms with E-state index in [9.17, 15) is 14.4 Å². The van der Waals surface area contributed by atoms with Crippen LogP contribution in [0.4, 0.5) is 0 Å². The third-order valence-electron chi connectivity index (χ3n) is 11.2. The van der Waals surface area contributed by atoms with Crippen molar-refractivity contribution in [2.24, 2.45) is 0 Å². The minimum absolute atomic E-state index is 0.118. The quantitative estimate of drug-likeness (QED) is 0.0262. The van der Waals surface area contributed by atoms with Crippen LogP contribution in [0.25, 0.3) is 0 Å². The molecule has 0 aliphatic rings.